The fourth-order valence-electron chi connectivity index (χ4n) is 2.36. The molecule has 126 valence electrons. The molecule has 1 fully saturated rings. The molecule has 0 saturated carbocycles. The van der Waals surface area contributed by atoms with Crippen molar-refractivity contribution < 1.29 is 8.82 Å². The van der Waals surface area contributed by atoms with E-state index in [0.717, 1.165) is 12.4 Å². The molecule has 2 aliphatic heterocycles. The molecule has 0 amide bonds. The highest BCUT2D eigenvalue weighted by Crippen LogP contribution is 2.38. The lowest BCUT2D eigenvalue weighted by Crippen LogP contribution is -2.54. The number of hydrazine groups is 1. The van der Waals surface area contributed by atoms with Gasteiger partial charge in [0, 0.05) is 6.54 Å². The summed E-state index contributed by atoms with van der Waals surface area (Å²) in [5.74, 6) is 1.40. The number of piperidine rings is 1. The summed E-state index contributed by atoms with van der Waals surface area (Å²) in [4.78, 5) is 1.99. The van der Waals surface area contributed by atoms with Crippen molar-refractivity contribution in [3.8, 4) is 0 Å². The van der Waals surface area contributed by atoms with Gasteiger partial charge in [0.15, 0.2) is 8.32 Å². The first kappa shape index (κ1) is 17.1. The van der Waals surface area contributed by atoms with Crippen LogP contribution in [0.25, 0.3) is 0 Å². The Morgan fingerprint density at radius 1 is 1.32 bits per heavy atom. The first-order valence-electron chi connectivity index (χ1n) is 7.86. The molecule has 2 atom stereocenters. The summed E-state index contributed by atoms with van der Waals surface area (Å²) in [6.07, 6.45) is 3.07. The minimum absolute atomic E-state index is 0.101. The number of nitrogens with two attached hydrogens (primary N) is 1. The molecule has 22 heavy (non-hydrogen) atoms. The van der Waals surface area contributed by atoms with Crippen LogP contribution in [0.4, 0.5) is 4.39 Å². The van der Waals surface area contributed by atoms with Crippen LogP contribution >= 0.6 is 0 Å². The predicted molar refractivity (Wildman–Crippen MR) is 89.8 cm³/mol. The Morgan fingerprint density at radius 2 is 2.00 bits per heavy atom. The number of nitrogens with zero attached hydrogens (tertiary/aromatic N) is 1. The summed E-state index contributed by atoms with van der Waals surface area (Å²) in [5, 5.41) is 0.101. The molecule has 1 saturated heterocycles. The maximum absolute atomic E-state index is 14.6. The second-order valence-corrected chi connectivity index (χ2v) is 12.3. The molecule has 0 radical (unpaired) electrons. The summed E-state index contributed by atoms with van der Waals surface area (Å²) in [7, 11) is -1.93. The average Bonchev–Trinajstić information content (AvgIpc) is 2.40. The number of likely N-dealkylation sites (tertiary alicyclic amines) is 1. The first-order chi connectivity index (χ1) is 10.1. The Bertz CT molecular complexity index is 473. The quantitative estimate of drug-likeness (QED) is 0.693. The second kappa shape index (κ2) is 6.12. The average molecular weight is 329 g/mol. The van der Waals surface area contributed by atoms with Crippen LogP contribution in [0.5, 0.6) is 0 Å². The van der Waals surface area contributed by atoms with E-state index in [1.165, 1.54) is 0 Å². The Balaban J connectivity index is 1.96. The Labute approximate surface area is 133 Å². The number of rotatable bonds is 3. The molecule has 0 aromatic rings. The van der Waals surface area contributed by atoms with Gasteiger partial charge in [-0.05, 0) is 36.7 Å². The summed E-state index contributed by atoms with van der Waals surface area (Å²) >= 11 is 0. The Kier molecular flexibility index (Phi) is 4.77. The van der Waals surface area contributed by atoms with E-state index in [4.69, 9.17) is 10.2 Å². The fraction of sp³-hybridized carbons (Fsp3) is 0.733. The van der Waals surface area contributed by atoms with Crippen molar-refractivity contribution in [2.45, 2.75) is 57.6 Å². The van der Waals surface area contributed by atoms with Gasteiger partial charge in [-0.15, -0.1) is 0 Å². The standard InChI is InChI=1S/C15H29FN4OSi/c1-15(2,3)22(4,5)21-12-8-9-20(10-11(12)16)14-7-6-13(17)18-19-14/h6-7,11-12,18-19H,8-10,17H2,1-5H3/t11-,12-/m1/s1. The number of allylic oxidation sites excluding steroid dienone is 2. The number of hydrogen-bond donors (Lipinski definition) is 3. The number of halogens is 1. The number of nitrogens with one attached hydrogen (secondary N) is 2. The maximum atomic E-state index is 14.6. The van der Waals surface area contributed by atoms with E-state index in [2.05, 4.69) is 44.7 Å². The molecule has 5 nitrogen and oxygen atoms in total. The third kappa shape index (κ3) is 3.75. The molecule has 0 aromatic carbocycles. The van der Waals surface area contributed by atoms with E-state index in [-0.39, 0.29) is 11.1 Å². The van der Waals surface area contributed by atoms with Crippen LogP contribution in [0.3, 0.4) is 0 Å². The van der Waals surface area contributed by atoms with Crippen molar-refractivity contribution in [3.63, 3.8) is 0 Å². The highest BCUT2D eigenvalue weighted by Gasteiger charge is 2.42. The van der Waals surface area contributed by atoms with Gasteiger partial charge in [-0.1, -0.05) is 20.8 Å². The molecule has 0 aliphatic carbocycles. The number of alkyl halides is 1. The van der Waals surface area contributed by atoms with Crippen molar-refractivity contribution in [3.05, 3.63) is 23.8 Å². The minimum atomic E-state index is -1.93. The predicted octanol–water partition coefficient (Wildman–Crippen LogP) is 2.17. The third-order valence-electron chi connectivity index (χ3n) is 4.83. The van der Waals surface area contributed by atoms with Gasteiger partial charge in [0.05, 0.1) is 12.6 Å². The van der Waals surface area contributed by atoms with Gasteiger partial charge < -0.3 is 15.1 Å². The van der Waals surface area contributed by atoms with Gasteiger partial charge in [0.25, 0.3) is 0 Å². The highest BCUT2D eigenvalue weighted by molar-refractivity contribution is 6.74. The van der Waals surface area contributed by atoms with E-state index in [1.807, 2.05) is 11.0 Å². The number of hydrogen-bond acceptors (Lipinski definition) is 5. The van der Waals surface area contributed by atoms with Crippen LogP contribution in [0.1, 0.15) is 27.2 Å². The Morgan fingerprint density at radius 3 is 2.50 bits per heavy atom. The smallest absolute Gasteiger partial charge is 0.192 e. The molecule has 2 heterocycles. The molecule has 2 aliphatic rings. The van der Waals surface area contributed by atoms with Crippen LogP contribution in [-0.4, -0.2) is 38.6 Å². The molecule has 2 rings (SSSR count). The Hall–Kier alpha value is -1.21. The van der Waals surface area contributed by atoms with Gasteiger partial charge >= 0.3 is 0 Å². The minimum Gasteiger partial charge on any atom is -0.411 e. The summed E-state index contributed by atoms with van der Waals surface area (Å²) in [6, 6.07) is 0. The normalized spacial score (nSPS) is 26.7. The van der Waals surface area contributed by atoms with Crippen LogP contribution in [0.2, 0.25) is 18.1 Å². The van der Waals surface area contributed by atoms with E-state index < -0.39 is 14.5 Å². The summed E-state index contributed by atoms with van der Waals surface area (Å²) < 4.78 is 20.8. The first-order valence-corrected chi connectivity index (χ1v) is 10.8. The zero-order valence-electron chi connectivity index (χ0n) is 14.2. The molecule has 0 spiro atoms. The van der Waals surface area contributed by atoms with E-state index in [1.54, 1.807) is 6.08 Å². The molecule has 7 heteroatoms. The lowest BCUT2D eigenvalue weighted by Gasteiger charge is -2.44. The summed E-state index contributed by atoms with van der Waals surface area (Å²) in [6.45, 7) is 12.0. The van der Waals surface area contributed by atoms with E-state index in [0.29, 0.717) is 18.8 Å². The topological polar surface area (TPSA) is 62.6 Å². The van der Waals surface area contributed by atoms with Gasteiger partial charge in [0.1, 0.15) is 17.8 Å². The lowest BCUT2D eigenvalue weighted by atomic mass is 10.1. The van der Waals surface area contributed by atoms with Crippen molar-refractivity contribution in [1.29, 1.82) is 0 Å². The van der Waals surface area contributed by atoms with Crippen LogP contribution in [-0.2, 0) is 4.43 Å². The molecule has 0 bridgehead atoms. The molecular weight excluding hydrogens is 299 g/mol. The molecule has 0 unspecified atom stereocenters. The molecule has 4 N–H and O–H groups in total. The van der Waals surface area contributed by atoms with Crippen LogP contribution < -0.4 is 16.6 Å². The highest BCUT2D eigenvalue weighted by atomic mass is 28.4. The van der Waals surface area contributed by atoms with Crippen LogP contribution in [0, 0.1) is 0 Å². The van der Waals surface area contributed by atoms with Gasteiger partial charge in [-0.2, -0.15) is 0 Å². The maximum Gasteiger partial charge on any atom is 0.192 e. The van der Waals surface area contributed by atoms with Crippen LogP contribution in [0.15, 0.2) is 23.8 Å². The molecular formula is C15H29FN4OSi. The lowest BCUT2D eigenvalue weighted by molar-refractivity contribution is 0.0223. The zero-order valence-corrected chi connectivity index (χ0v) is 15.2. The third-order valence-corrected chi connectivity index (χ3v) is 9.33. The van der Waals surface area contributed by atoms with Gasteiger partial charge in [0.2, 0.25) is 0 Å². The van der Waals surface area contributed by atoms with Gasteiger partial charge in [-0.25, -0.2) is 4.39 Å². The zero-order chi connectivity index (χ0) is 16.5. The second-order valence-electron chi connectivity index (χ2n) is 7.59. The monoisotopic (exact) mass is 328 g/mol. The summed E-state index contributed by atoms with van der Waals surface area (Å²) in [5.41, 5.74) is 11.5. The molecule has 0 aromatic heterocycles. The van der Waals surface area contributed by atoms with Crippen molar-refractivity contribution in [2.75, 3.05) is 13.1 Å². The fourth-order valence-corrected chi connectivity index (χ4v) is 3.74. The SMILES string of the molecule is CC(C)(C)[Si](C)(C)O[C@@H]1CCN(C2=CC=C(N)NN2)C[C@H]1F. The van der Waals surface area contributed by atoms with Crippen molar-refractivity contribution in [2.24, 2.45) is 5.73 Å². The largest absolute Gasteiger partial charge is 0.411 e. The van der Waals surface area contributed by atoms with Gasteiger partial charge in [-0.3, -0.25) is 10.9 Å². The van der Waals surface area contributed by atoms with E-state index in [9.17, 15) is 4.39 Å². The van der Waals surface area contributed by atoms with Crippen molar-refractivity contribution in [1.82, 2.24) is 15.8 Å². The van der Waals surface area contributed by atoms with E-state index >= 15 is 0 Å². The van der Waals surface area contributed by atoms with Crippen molar-refractivity contribution >= 4 is 8.32 Å².